The van der Waals surface area contributed by atoms with Crippen molar-refractivity contribution in [2.75, 3.05) is 0 Å². The van der Waals surface area contributed by atoms with Gasteiger partial charge in [0.05, 0.1) is 0 Å². The first-order chi connectivity index (χ1) is 22.6. The molecule has 0 nitrogen and oxygen atoms in total. The van der Waals surface area contributed by atoms with Crippen molar-refractivity contribution in [3.63, 3.8) is 0 Å². The van der Waals surface area contributed by atoms with E-state index in [1.807, 2.05) is 0 Å². The minimum atomic E-state index is -2.29. The normalized spacial score (nSPS) is 12.6. The summed E-state index contributed by atoms with van der Waals surface area (Å²) in [6, 6.07) is 54.9. The van der Waals surface area contributed by atoms with E-state index in [0.717, 1.165) is 6.42 Å². The Bertz CT molecular complexity index is 2020. The van der Waals surface area contributed by atoms with Crippen LogP contribution in [0.3, 0.4) is 0 Å². The predicted octanol–water partition coefficient (Wildman–Crippen LogP) is 5.45. The topological polar surface area (TPSA) is 0 Å². The van der Waals surface area contributed by atoms with E-state index >= 15 is 0 Å². The third kappa shape index (κ3) is 6.39. The number of aryl methyl sites for hydroxylation is 2. The monoisotopic (exact) mass is 694 g/mol. The van der Waals surface area contributed by atoms with Gasteiger partial charge in [-0.15, -0.1) is 0 Å². The number of benzene rings is 6. The Kier molecular flexibility index (Phi) is 10.3. The number of rotatable bonds is 6. The quantitative estimate of drug-likeness (QED) is 0.204. The summed E-state index contributed by atoms with van der Waals surface area (Å²) in [7, 11) is 0. The predicted molar refractivity (Wildman–Crippen MR) is 192 cm³/mol. The van der Waals surface area contributed by atoms with E-state index in [1.165, 1.54) is 66.8 Å². The SMILES string of the molecule is Cc1ccc([C](c2ccc(C)cc2)=[Ti+2]([C]2=CC=CC2)[CH]2c3ccc(-c4ccccc4)cc3-c3cc(-c4ccccc4)ccc32)cc1.[Cl-].[Cl-]. The van der Waals surface area contributed by atoms with Crippen LogP contribution in [0.1, 0.15) is 44.0 Å². The van der Waals surface area contributed by atoms with Gasteiger partial charge in [-0.1, -0.05) is 0 Å². The van der Waals surface area contributed by atoms with E-state index in [0.29, 0.717) is 4.22 Å². The Morgan fingerprint density at radius 1 is 0.521 bits per heavy atom. The average Bonchev–Trinajstić information content (AvgIpc) is 3.75. The third-order valence-electron chi connectivity index (χ3n) is 9.59. The van der Waals surface area contributed by atoms with Crippen molar-refractivity contribution >= 4 is 3.81 Å². The molecule has 0 N–H and O–H groups in total. The zero-order valence-electron chi connectivity index (χ0n) is 27.1. The van der Waals surface area contributed by atoms with Crippen LogP contribution in [0.5, 0.6) is 0 Å². The molecule has 6 aromatic carbocycles. The van der Waals surface area contributed by atoms with Crippen LogP contribution in [-0.2, 0) is 17.4 Å². The zero-order chi connectivity index (χ0) is 31.0. The van der Waals surface area contributed by atoms with E-state index in [2.05, 4.69) is 178 Å². The molecule has 2 aliphatic rings. The van der Waals surface area contributed by atoms with Gasteiger partial charge in [0.25, 0.3) is 0 Å². The number of fused-ring (bicyclic) bond motifs is 3. The van der Waals surface area contributed by atoms with E-state index < -0.39 is 17.4 Å². The molecule has 0 heterocycles. The van der Waals surface area contributed by atoms with E-state index in [1.54, 1.807) is 7.69 Å². The minimum absolute atomic E-state index is 0. The Labute approximate surface area is 303 Å². The molecule has 0 fully saturated rings. The summed E-state index contributed by atoms with van der Waals surface area (Å²) in [5.74, 6) is 0. The van der Waals surface area contributed by atoms with Gasteiger partial charge in [-0.25, -0.2) is 0 Å². The first-order valence-corrected chi connectivity index (χ1v) is 18.7. The summed E-state index contributed by atoms with van der Waals surface area (Å²) in [5, 5.41) is 0. The molecule has 0 aromatic heterocycles. The maximum absolute atomic E-state index is 2.47. The Morgan fingerprint density at radius 3 is 1.40 bits per heavy atom. The molecule has 2 aliphatic carbocycles. The Morgan fingerprint density at radius 2 is 0.979 bits per heavy atom. The molecule has 0 saturated heterocycles. The Hall–Kier alpha value is -4.04. The van der Waals surface area contributed by atoms with Crippen LogP contribution in [0.25, 0.3) is 33.4 Å². The van der Waals surface area contributed by atoms with Crippen molar-refractivity contribution in [2.24, 2.45) is 0 Å². The summed E-state index contributed by atoms with van der Waals surface area (Å²) in [4.78, 5) is 0. The van der Waals surface area contributed by atoms with Gasteiger partial charge in [0.2, 0.25) is 0 Å². The fourth-order valence-electron chi connectivity index (χ4n) is 7.24. The first kappa shape index (κ1) is 33.8. The molecular weight excluding hydrogens is 659 g/mol. The molecule has 0 atom stereocenters. The zero-order valence-corrected chi connectivity index (χ0v) is 30.2. The van der Waals surface area contributed by atoms with Gasteiger partial charge in [0, 0.05) is 0 Å². The maximum atomic E-state index is 2.47. The van der Waals surface area contributed by atoms with E-state index in [4.69, 9.17) is 0 Å². The fraction of sp³-hybridized carbons (Fsp3) is 0.0889. The largest absolute Gasteiger partial charge is 1.00 e. The van der Waals surface area contributed by atoms with Crippen LogP contribution in [0.2, 0.25) is 0 Å². The first-order valence-electron chi connectivity index (χ1n) is 16.3. The molecule has 234 valence electrons. The van der Waals surface area contributed by atoms with Crippen molar-refractivity contribution in [3.05, 3.63) is 201 Å². The summed E-state index contributed by atoms with van der Waals surface area (Å²) in [6.07, 6.45) is 8.14. The molecule has 0 unspecified atom stereocenters. The minimum Gasteiger partial charge on any atom is -1.00 e. The molecule has 0 amide bonds. The number of hydrogen-bond donors (Lipinski definition) is 0. The number of halogens is 2. The summed E-state index contributed by atoms with van der Waals surface area (Å²) in [5.41, 5.74) is 16.2. The van der Waals surface area contributed by atoms with Gasteiger partial charge < -0.3 is 24.8 Å². The molecule has 3 heteroatoms. The second-order valence-corrected chi connectivity index (χ2v) is 16.6. The van der Waals surface area contributed by atoms with E-state index in [-0.39, 0.29) is 24.8 Å². The molecule has 48 heavy (non-hydrogen) atoms. The van der Waals surface area contributed by atoms with Crippen LogP contribution in [-0.4, -0.2) is 3.81 Å². The van der Waals surface area contributed by atoms with Crippen molar-refractivity contribution in [1.82, 2.24) is 0 Å². The van der Waals surface area contributed by atoms with Gasteiger partial charge in [-0.05, 0) is 0 Å². The van der Waals surface area contributed by atoms with Gasteiger partial charge in [0.15, 0.2) is 0 Å². The second-order valence-electron chi connectivity index (χ2n) is 12.6. The molecule has 0 spiro atoms. The summed E-state index contributed by atoms with van der Waals surface area (Å²) in [6.45, 7) is 4.38. The molecular formula is C45H36Cl2Ti. The van der Waals surface area contributed by atoms with E-state index in [9.17, 15) is 0 Å². The second kappa shape index (κ2) is 14.6. The Balaban J connectivity index is 0.00000201. The molecule has 6 aromatic rings. The maximum Gasteiger partial charge on any atom is -1.00 e. The third-order valence-corrected chi connectivity index (χ3v) is 14.9. The van der Waals surface area contributed by atoms with Crippen molar-refractivity contribution in [1.29, 1.82) is 0 Å². The number of allylic oxidation sites excluding steroid dienone is 4. The smallest absolute Gasteiger partial charge is 1.00 e. The average molecular weight is 696 g/mol. The van der Waals surface area contributed by atoms with Gasteiger partial charge in [-0.2, -0.15) is 0 Å². The van der Waals surface area contributed by atoms with Crippen LogP contribution in [0.4, 0.5) is 0 Å². The molecule has 8 rings (SSSR count). The molecule has 0 aliphatic heterocycles. The van der Waals surface area contributed by atoms with Gasteiger partial charge >= 0.3 is 280 Å². The molecule has 0 saturated carbocycles. The number of hydrogen-bond acceptors (Lipinski definition) is 0. The van der Waals surface area contributed by atoms with Crippen LogP contribution in [0, 0.1) is 13.8 Å². The van der Waals surface area contributed by atoms with Crippen molar-refractivity contribution in [3.8, 4) is 33.4 Å². The van der Waals surface area contributed by atoms with Gasteiger partial charge in [0.1, 0.15) is 0 Å². The van der Waals surface area contributed by atoms with Crippen LogP contribution >= 0.6 is 0 Å². The van der Waals surface area contributed by atoms with Crippen molar-refractivity contribution < 1.29 is 42.2 Å². The molecule has 0 radical (unpaired) electrons. The summed E-state index contributed by atoms with van der Waals surface area (Å²) >= 11 is -2.29. The van der Waals surface area contributed by atoms with Gasteiger partial charge in [-0.3, -0.25) is 0 Å². The molecule has 0 bridgehead atoms. The van der Waals surface area contributed by atoms with Crippen molar-refractivity contribution in [2.45, 2.75) is 24.5 Å². The van der Waals surface area contributed by atoms with Crippen LogP contribution in [0.15, 0.2) is 168 Å². The standard InChI is InChI=1S/C25H17.C15H14.C5H5.2ClH.Ti/c1-3-7-18(8-4-1)20-11-13-22-15-23-14-12-21(17-25(23)24(22)16-20)19-9-5-2-6-10-19;1-12-3-7-14(8-4-12)11-15-9-5-13(2)6-10-15;1-2-4-5-3-1;;;/h1-17H;3-10H,1-2H3;1-3H,4H2;2*1H;/q;;;;;+2/p-2. The summed E-state index contributed by atoms with van der Waals surface area (Å²) < 4.78 is 3.56. The van der Waals surface area contributed by atoms with Crippen LogP contribution < -0.4 is 24.8 Å². The fourth-order valence-corrected chi connectivity index (χ4v) is 13.0.